The van der Waals surface area contributed by atoms with Gasteiger partial charge in [0, 0.05) is 10.4 Å². The van der Waals surface area contributed by atoms with Crippen molar-refractivity contribution in [3.63, 3.8) is 0 Å². The molecule has 0 aliphatic heterocycles. The summed E-state index contributed by atoms with van der Waals surface area (Å²) in [5, 5.41) is 0.628. The molecule has 29 heavy (non-hydrogen) atoms. The second kappa shape index (κ2) is 7.56. The van der Waals surface area contributed by atoms with Crippen LogP contribution in [0.4, 0.5) is 4.39 Å². The summed E-state index contributed by atoms with van der Waals surface area (Å²) in [7, 11) is -3.91. The third-order valence-corrected chi connectivity index (χ3v) is 7.18. The Labute approximate surface area is 175 Å². The molecule has 2 unspecified atom stereocenters. The Balaban J connectivity index is 1.65. The molecule has 1 fully saturated rings. The highest BCUT2D eigenvalue weighted by molar-refractivity contribution is 7.86. The minimum atomic E-state index is -3.91. The Bertz CT molecular complexity index is 1130. The smallest absolute Gasteiger partial charge is 0.265 e. The van der Waals surface area contributed by atoms with Gasteiger partial charge < -0.3 is 0 Å². The first-order chi connectivity index (χ1) is 13.8. The minimum absolute atomic E-state index is 0.00474. The van der Waals surface area contributed by atoms with E-state index in [9.17, 15) is 12.8 Å². The van der Waals surface area contributed by atoms with E-state index in [0.29, 0.717) is 11.4 Å². The largest absolute Gasteiger partial charge is 0.297 e. The predicted octanol–water partition coefficient (Wildman–Crippen LogP) is 5.62. The van der Waals surface area contributed by atoms with Crippen molar-refractivity contribution in [1.82, 2.24) is 0 Å². The number of hydrogen-bond donors (Lipinski definition) is 0. The molecule has 0 spiro atoms. The Hall–Kier alpha value is -2.21. The Kier molecular flexibility index (Phi) is 5.23. The Morgan fingerprint density at radius 3 is 2.34 bits per heavy atom. The lowest BCUT2D eigenvalue weighted by molar-refractivity contribution is 0.278. The maximum Gasteiger partial charge on any atom is 0.297 e. The molecule has 150 valence electrons. The second-order valence-electron chi connectivity index (χ2n) is 7.47. The van der Waals surface area contributed by atoms with Crippen LogP contribution in [0, 0.1) is 12.7 Å². The van der Waals surface area contributed by atoms with Crippen molar-refractivity contribution < 1.29 is 17.0 Å². The molecule has 1 saturated carbocycles. The van der Waals surface area contributed by atoms with E-state index >= 15 is 0 Å². The van der Waals surface area contributed by atoms with Gasteiger partial charge in [-0.15, -0.1) is 0 Å². The van der Waals surface area contributed by atoms with Gasteiger partial charge in [-0.3, -0.25) is 4.18 Å². The van der Waals surface area contributed by atoms with Crippen LogP contribution in [0.3, 0.4) is 0 Å². The van der Waals surface area contributed by atoms with Crippen molar-refractivity contribution in [3.8, 4) is 0 Å². The molecule has 0 aromatic heterocycles. The van der Waals surface area contributed by atoms with Crippen LogP contribution < -0.4 is 0 Å². The lowest BCUT2D eigenvalue weighted by Crippen LogP contribution is -2.21. The first-order valence-corrected chi connectivity index (χ1v) is 11.1. The minimum Gasteiger partial charge on any atom is -0.265 e. The van der Waals surface area contributed by atoms with Crippen LogP contribution in [0.25, 0.3) is 0 Å². The summed E-state index contributed by atoms with van der Waals surface area (Å²) >= 11 is 6.38. The van der Waals surface area contributed by atoms with Gasteiger partial charge in [0.1, 0.15) is 5.82 Å². The average molecular weight is 431 g/mol. The fraction of sp³-hybridized carbons (Fsp3) is 0.217. The summed E-state index contributed by atoms with van der Waals surface area (Å²) in [4.78, 5) is 0.118. The third-order valence-electron chi connectivity index (χ3n) is 5.56. The van der Waals surface area contributed by atoms with Crippen molar-refractivity contribution >= 4 is 21.7 Å². The van der Waals surface area contributed by atoms with Crippen LogP contribution in [-0.4, -0.2) is 15.0 Å². The molecular weight excluding hydrogens is 411 g/mol. The van der Waals surface area contributed by atoms with E-state index in [1.165, 1.54) is 24.3 Å². The topological polar surface area (TPSA) is 43.4 Å². The van der Waals surface area contributed by atoms with Crippen LogP contribution in [-0.2, 0) is 19.7 Å². The molecule has 1 aliphatic rings. The quantitative estimate of drug-likeness (QED) is 0.477. The molecule has 3 aromatic rings. The molecule has 4 rings (SSSR count). The van der Waals surface area contributed by atoms with E-state index in [1.807, 2.05) is 31.2 Å². The van der Waals surface area contributed by atoms with E-state index < -0.39 is 15.5 Å². The summed E-state index contributed by atoms with van der Waals surface area (Å²) in [6.45, 7) is 1.85. The summed E-state index contributed by atoms with van der Waals surface area (Å²) in [6, 6.07) is 20.2. The van der Waals surface area contributed by atoms with Gasteiger partial charge in [0.15, 0.2) is 0 Å². The van der Waals surface area contributed by atoms with Crippen molar-refractivity contribution in [2.45, 2.75) is 29.6 Å². The maximum absolute atomic E-state index is 13.5. The molecule has 6 heteroatoms. The van der Waals surface area contributed by atoms with Gasteiger partial charge in [-0.05, 0) is 60.7 Å². The molecule has 0 radical (unpaired) electrons. The van der Waals surface area contributed by atoms with Gasteiger partial charge in [-0.1, -0.05) is 59.6 Å². The molecular formula is C23H20ClFO3S. The number of aryl methyl sites for hydroxylation is 1. The zero-order chi connectivity index (χ0) is 20.6. The van der Waals surface area contributed by atoms with Crippen LogP contribution in [0.2, 0.25) is 5.02 Å². The molecule has 0 N–H and O–H groups in total. The number of benzene rings is 3. The normalized spacial score (nSPS) is 21.1. The van der Waals surface area contributed by atoms with Crippen LogP contribution in [0.15, 0.2) is 77.7 Å². The summed E-state index contributed by atoms with van der Waals surface area (Å²) in [5.41, 5.74) is 2.17. The molecule has 3 aromatic carbocycles. The van der Waals surface area contributed by atoms with Gasteiger partial charge in [0.25, 0.3) is 10.1 Å². The van der Waals surface area contributed by atoms with Gasteiger partial charge in [-0.25, -0.2) is 4.39 Å². The lowest BCUT2D eigenvalue weighted by Gasteiger charge is -2.19. The number of hydrogen-bond acceptors (Lipinski definition) is 3. The van der Waals surface area contributed by atoms with Gasteiger partial charge in [-0.2, -0.15) is 8.42 Å². The van der Waals surface area contributed by atoms with E-state index in [1.54, 1.807) is 24.3 Å². The van der Waals surface area contributed by atoms with Gasteiger partial charge >= 0.3 is 0 Å². The maximum atomic E-state index is 13.5. The number of rotatable bonds is 6. The van der Waals surface area contributed by atoms with Crippen molar-refractivity contribution in [1.29, 1.82) is 0 Å². The predicted molar refractivity (Wildman–Crippen MR) is 111 cm³/mol. The fourth-order valence-electron chi connectivity index (χ4n) is 3.77. The second-order valence-corrected chi connectivity index (χ2v) is 9.49. The van der Waals surface area contributed by atoms with E-state index in [4.69, 9.17) is 15.8 Å². The molecule has 0 heterocycles. The number of halogens is 2. The third kappa shape index (κ3) is 3.95. The average Bonchev–Trinajstić information content (AvgIpc) is 3.43. The van der Waals surface area contributed by atoms with Gasteiger partial charge in [0.05, 0.1) is 11.5 Å². The highest BCUT2D eigenvalue weighted by Gasteiger charge is 2.57. The van der Waals surface area contributed by atoms with Crippen LogP contribution >= 0.6 is 11.6 Å². The van der Waals surface area contributed by atoms with E-state index in [2.05, 4.69) is 0 Å². The summed E-state index contributed by atoms with van der Waals surface area (Å²) in [5.74, 6) is -0.345. The molecule has 3 nitrogen and oxygen atoms in total. The SMILES string of the molecule is Cc1ccc(S(=O)(=O)OCC2(c3ccc(F)cc3)CC2c2ccccc2Cl)cc1. The summed E-state index contributed by atoms with van der Waals surface area (Å²) in [6.07, 6.45) is 0.672. The van der Waals surface area contributed by atoms with Crippen molar-refractivity contribution in [2.24, 2.45) is 0 Å². The highest BCUT2D eigenvalue weighted by atomic mass is 35.5. The van der Waals surface area contributed by atoms with E-state index in [0.717, 1.165) is 16.7 Å². The molecule has 0 saturated heterocycles. The standard InChI is InChI=1S/C23H20ClFO3S/c1-16-6-12-19(13-7-16)29(26,27)28-15-23(17-8-10-18(25)11-9-17)14-21(23)20-4-2-3-5-22(20)24/h2-13,21H,14-15H2,1H3. The first-order valence-electron chi connectivity index (χ1n) is 9.28. The van der Waals surface area contributed by atoms with Crippen molar-refractivity contribution in [2.75, 3.05) is 6.61 Å². The lowest BCUT2D eigenvalue weighted by atomic mass is 9.91. The van der Waals surface area contributed by atoms with Crippen LogP contribution in [0.5, 0.6) is 0 Å². The molecule has 0 bridgehead atoms. The summed E-state index contributed by atoms with van der Waals surface area (Å²) < 4.78 is 44.4. The Morgan fingerprint density at radius 2 is 1.69 bits per heavy atom. The van der Waals surface area contributed by atoms with E-state index in [-0.39, 0.29) is 23.2 Å². The zero-order valence-electron chi connectivity index (χ0n) is 15.8. The first kappa shape index (κ1) is 20.1. The molecule has 2 atom stereocenters. The van der Waals surface area contributed by atoms with Gasteiger partial charge in [0.2, 0.25) is 0 Å². The fourth-order valence-corrected chi connectivity index (χ4v) is 5.01. The monoisotopic (exact) mass is 430 g/mol. The molecule has 1 aliphatic carbocycles. The van der Waals surface area contributed by atoms with Crippen LogP contribution in [0.1, 0.15) is 29.0 Å². The highest BCUT2D eigenvalue weighted by Crippen LogP contribution is 2.61. The Morgan fingerprint density at radius 1 is 1.03 bits per heavy atom. The van der Waals surface area contributed by atoms with Crippen molar-refractivity contribution in [3.05, 3.63) is 100 Å². The molecule has 0 amide bonds. The zero-order valence-corrected chi connectivity index (χ0v) is 17.4.